The highest BCUT2D eigenvalue weighted by Gasteiger charge is 2.09. The number of hydrogen-bond acceptors (Lipinski definition) is 4. The molecule has 4 amide bonds. The SMILES string of the molecule is CCC(=O)Nc1ccc(C(=O)NCCNC(=O)Nc2cc(C)ccc2OC)cc1. The molecule has 0 aliphatic heterocycles. The summed E-state index contributed by atoms with van der Waals surface area (Å²) >= 11 is 0. The van der Waals surface area contributed by atoms with E-state index in [2.05, 4.69) is 21.3 Å². The minimum absolute atomic E-state index is 0.0881. The first kappa shape index (κ1) is 21.7. The van der Waals surface area contributed by atoms with Crippen LogP contribution in [-0.4, -0.2) is 38.0 Å². The fourth-order valence-electron chi connectivity index (χ4n) is 2.49. The molecular weight excluding hydrogens is 372 g/mol. The monoisotopic (exact) mass is 398 g/mol. The highest BCUT2D eigenvalue weighted by Crippen LogP contribution is 2.24. The second-order valence-corrected chi connectivity index (χ2v) is 6.32. The Morgan fingerprint density at radius 3 is 2.28 bits per heavy atom. The van der Waals surface area contributed by atoms with Crippen molar-refractivity contribution in [1.82, 2.24) is 10.6 Å². The van der Waals surface area contributed by atoms with Crippen LogP contribution in [0.3, 0.4) is 0 Å². The molecule has 0 heterocycles. The molecule has 2 rings (SSSR count). The van der Waals surface area contributed by atoms with Gasteiger partial charge in [0.05, 0.1) is 12.8 Å². The van der Waals surface area contributed by atoms with Gasteiger partial charge in [-0.15, -0.1) is 0 Å². The number of nitrogens with one attached hydrogen (secondary N) is 4. The van der Waals surface area contributed by atoms with Gasteiger partial charge in [-0.2, -0.15) is 0 Å². The number of anilines is 2. The number of carbonyl (C=O) groups excluding carboxylic acids is 3. The first-order chi connectivity index (χ1) is 13.9. The zero-order chi connectivity index (χ0) is 21.2. The zero-order valence-corrected chi connectivity index (χ0v) is 16.8. The third-order valence-corrected chi connectivity index (χ3v) is 4.05. The molecule has 0 unspecified atom stereocenters. The molecule has 0 aliphatic carbocycles. The minimum Gasteiger partial charge on any atom is -0.495 e. The standard InChI is InChI=1S/C21H26N4O4/c1-4-19(26)24-16-8-6-15(7-9-16)20(27)22-11-12-23-21(28)25-17-13-14(2)5-10-18(17)29-3/h5-10,13H,4,11-12H2,1-3H3,(H,22,27)(H,24,26)(H2,23,25,28). The second kappa shape index (κ2) is 10.7. The van der Waals surface area contributed by atoms with Gasteiger partial charge in [0.2, 0.25) is 5.91 Å². The lowest BCUT2D eigenvalue weighted by atomic mass is 10.2. The number of carbonyl (C=O) groups is 3. The number of urea groups is 1. The smallest absolute Gasteiger partial charge is 0.319 e. The second-order valence-electron chi connectivity index (χ2n) is 6.32. The highest BCUT2D eigenvalue weighted by atomic mass is 16.5. The summed E-state index contributed by atoms with van der Waals surface area (Å²) in [4.78, 5) is 35.5. The number of rotatable bonds is 8. The summed E-state index contributed by atoms with van der Waals surface area (Å²) in [5.74, 6) is 0.216. The summed E-state index contributed by atoms with van der Waals surface area (Å²) in [6, 6.07) is 11.7. The molecule has 0 fully saturated rings. The summed E-state index contributed by atoms with van der Waals surface area (Å²) in [5.41, 5.74) is 2.67. The van der Waals surface area contributed by atoms with Crippen LogP contribution in [0.5, 0.6) is 5.75 Å². The molecule has 154 valence electrons. The van der Waals surface area contributed by atoms with Gasteiger partial charge in [0.15, 0.2) is 0 Å². The fraction of sp³-hybridized carbons (Fsp3) is 0.286. The Morgan fingerprint density at radius 1 is 0.931 bits per heavy atom. The van der Waals surface area contributed by atoms with E-state index >= 15 is 0 Å². The number of methoxy groups -OCH3 is 1. The molecule has 0 atom stereocenters. The average molecular weight is 398 g/mol. The van der Waals surface area contributed by atoms with E-state index in [1.54, 1.807) is 37.3 Å². The van der Waals surface area contributed by atoms with Crippen molar-refractivity contribution in [3.8, 4) is 5.75 Å². The summed E-state index contributed by atoms with van der Waals surface area (Å²) in [5, 5.41) is 10.9. The molecule has 29 heavy (non-hydrogen) atoms. The van der Waals surface area contributed by atoms with E-state index in [9.17, 15) is 14.4 Å². The molecule has 0 bridgehead atoms. The van der Waals surface area contributed by atoms with Crippen molar-refractivity contribution in [2.45, 2.75) is 20.3 Å². The molecule has 0 saturated heterocycles. The molecule has 4 N–H and O–H groups in total. The molecule has 0 spiro atoms. The van der Waals surface area contributed by atoms with Crippen LogP contribution in [0, 0.1) is 6.92 Å². The predicted octanol–water partition coefficient (Wildman–Crippen LogP) is 2.90. The maximum Gasteiger partial charge on any atom is 0.319 e. The quantitative estimate of drug-likeness (QED) is 0.513. The number of aryl methyl sites for hydroxylation is 1. The third kappa shape index (κ3) is 6.84. The first-order valence-electron chi connectivity index (χ1n) is 9.30. The molecule has 0 aromatic heterocycles. The zero-order valence-electron chi connectivity index (χ0n) is 16.8. The summed E-state index contributed by atoms with van der Waals surface area (Å²) in [6.07, 6.45) is 0.388. The van der Waals surface area contributed by atoms with E-state index in [4.69, 9.17) is 4.74 Å². The van der Waals surface area contributed by atoms with E-state index < -0.39 is 0 Å². The van der Waals surface area contributed by atoms with Crippen molar-refractivity contribution in [3.05, 3.63) is 53.6 Å². The van der Waals surface area contributed by atoms with Gasteiger partial charge in [0, 0.05) is 30.8 Å². The van der Waals surface area contributed by atoms with E-state index in [0.717, 1.165) is 5.56 Å². The largest absolute Gasteiger partial charge is 0.495 e. The van der Waals surface area contributed by atoms with Crippen LogP contribution in [0.1, 0.15) is 29.3 Å². The van der Waals surface area contributed by atoms with Gasteiger partial charge in [0.25, 0.3) is 5.91 Å². The van der Waals surface area contributed by atoms with Crippen molar-refractivity contribution < 1.29 is 19.1 Å². The maximum atomic E-state index is 12.1. The predicted molar refractivity (Wildman–Crippen MR) is 112 cm³/mol. The lowest BCUT2D eigenvalue weighted by molar-refractivity contribution is -0.115. The number of ether oxygens (including phenoxy) is 1. The molecule has 0 radical (unpaired) electrons. The molecule has 0 saturated carbocycles. The van der Waals surface area contributed by atoms with Gasteiger partial charge in [-0.05, 0) is 48.9 Å². The molecule has 8 nitrogen and oxygen atoms in total. The van der Waals surface area contributed by atoms with Crippen LogP contribution >= 0.6 is 0 Å². The van der Waals surface area contributed by atoms with Gasteiger partial charge in [0.1, 0.15) is 5.75 Å². The number of benzene rings is 2. The topological polar surface area (TPSA) is 109 Å². The van der Waals surface area contributed by atoms with Crippen LogP contribution in [0.15, 0.2) is 42.5 Å². The van der Waals surface area contributed by atoms with E-state index in [1.807, 2.05) is 19.1 Å². The van der Waals surface area contributed by atoms with Gasteiger partial charge in [-0.1, -0.05) is 13.0 Å². The Hall–Kier alpha value is -3.55. The van der Waals surface area contributed by atoms with Crippen LogP contribution in [-0.2, 0) is 4.79 Å². The highest BCUT2D eigenvalue weighted by molar-refractivity contribution is 5.96. The maximum absolute atomic E-state index is 12.1. The normalized spacial score (nSPS) is 10.0. The Kier molecular flexibility index (Phi) is 8.02. The average Bonchev–Trinajstić information content (AvgIpc) is 2.71. The van der Waals surface area contributed by atoms with Crippen LogP contribution < -0.4 is 26.0 Å². The van der Waals surface area contributed by atoms with Crippen LogP contribution in [0.2, 0.25) is 0 Å². The van der Waals surface area contributed by atoms with Crippen molar-refractivity contribution in [1.29, 1.82) is 0 Å². The van der Waals surface area contributed by atoms with Crippen molar-refractivity contribution in [2.24, 2.45) is 0 Å². The molecule has 8 heteroatoms. The molecule has 2 aromatic rings. The van der Waals surface area contributed by atoms with E-state index in [0.29, 0.717) is 29.1 Å². The van der Waals surface area contributed by atoms with E-state index in [-0.39, 0.29) is 30.9 Å². The van der Waals surface area contributed by atoms with Gasteiger partial charge in [-0.25, -0.2) is 4.79 Å². The summed E-state index contributed by atoms with van der Waals surface area (Å²) < 4.78 is 5.22. The fourth-order valence-corrected chi connectivity index (χ4v) is 2.49. The lowest BCUT2D eigenvalue weighted by Gasteiger charge is -2.12. The lowest BCUT2D eigenvalue weighted by Crippen LogP contribution is -2.36. The van der Waals surface area contributed by atoms with Gasteiger partial charge in [-0.3, -0.25) is 9.59 Å². The van der Waals surface area contributed by atoms with Gasteiger partial charge < -0.3 is 26.0 Å². The number of hydrogen-bond donors (Lipinski definition) is 4. The summed E-state index contributed by atoms with van der Waals surface area (Å²) in [7, 11) is 1.54. The molecule has 2 aromatic carbocycles. The van der Waals surface area contributed by atoms with Crippen LogP contribution in [0.25, 0.3) is 0 Å². The molecular formula is C21H26N4O4. The number of amides is 4. The third-order valence-electron chi connectivity index (χ3n) is 4.05. The van der Waals surface area contributed by atoms with Crippen LogP contribution in [0.4, 0.5) is 16.2 Å². The van der Waals surface area contributed by atoms with Gasteiger partial charge >= 0.3 is 6.03 Å². The van der Waals surface area contributed by atoms with Crippen molar-refractivity contribution >= 4 is 29.2 Å². The summed E-state index contributed by atoms with van der Waals surface area (Å²) in [6.45, 7) is 4.22. The Balaban J connectivity index is 1.75. The minimum atomic E-state index is -0.390. The Bertz CT molecular complexity index is 865. The van der Waals surface area contributed by atoms with Crippen molar-refractivity contribution in [3.63, 3.8) is 0 Å². The molecule has 0 aliphatic rings. The van der Waals surface area contributed by atoms with Crippen molar-refractivity contribution in [2.75, 3.05) is 30.8 Å². The Morgan fingerprint density at radius 2 is 1.62 bits per heavy atom. The Labute approximate surface area is 170 Å². The van der Waals surface area contributed by atoms with E-state index in [1.165, 1.54) is 7.11 Å². The first-order valence-corrected chi connectivity index (χ1v) is 9.30.